The quantitative estimate of drug-likeness (QED) is 0.643. The van der Waals surface area contributed by atoms with Crippen LogP contribution in [-0.4, -0.2) is 27.2 Å². The number of carbonyl (C=O) groups is 1. The van der Waals surface area contributed by atoms with Crippen LogP contribution in [0.2, 0.25) is 5.02 Å². The van der Waals surface area contributed by atoms with Gasteiger partial charge in [-0.1, -0.05) is 29.8 Å². The van der Waals surface area contributed by atoms with Crippen molar-refractivity contribution in [3.05, 3.63) is 70.8 Å². The minimum atomic E-state index is -0.140. The van der Waals surface area contributed by atoms with Crippen LogP contribution in [0.15, 0.2) is 49.1 Å². The largest absolute Gasteiger partial charge is 0.323 e. The number of amides is 1. The van der Waals surface area contributed by atoms with Gasteiger partial charge in [-0.3, -0.25) is 4.79 Å². The van der Waals surface area contributed by atoms with Crippen LogP contribution in [-0.2, 0) is 17.6 Å². The molecule has 1 aromatic heterocycles. The van der Waals surface area contributed by atoms with Gasteiger partial charge in [0, 0.05) is 11.1 Å². The number of aromatic nitrogens is 3. The third-order valence-corrected chi connectivity index (χ3v) is 5.57. The molecule has 0 bridgehead atoms. The number of nitrogens with zero attached hydrogens (tertiary/aromatic N) is 3. The Morgan fingerprint density at radius 3 is 2.79 bits per heavy atom. The summed E-state index contributed by atoms with van der Waals surface area (Å²) >= 11 is 6.11. The first-order valence-corrected chi connectivity index (χ1v) is 10.3. The second kappa shape index (κ2) is 8.76. The van der Waals surface area contributed by atoms with E-state index in [1.165, 1.54) is 42.3 Å². The lowest BCUT2D eigenvalue weighted by Gasteiger charge is -2.20. The number of carbonyl (C=O) groups excluding carboxylic acids is 1. The number of fused-ring (bicyclic) bond motifs is 1. The number of anilines is 1. The van der Waals surface area contributed by atoms with Crippen LogP contribution in [0.3, 0.4) is 0 Å². The molecule has 6 nitrogen and oxygen atoms in total. The molecule has 29 heavy (non-hydrogen) atoms. The third kappa shape index (κ3) is 4.66. The highest BCUT2D eigenvalue weighted by Crippen LogP contribution is 2.25. The van der Waals surface area contributed by atoms with Gasteiger partial charge in [-0.2, -0.15) is 5.10 Å². The highest BCUT2D eigenvalue weighted by atomic mass is 35.5. The van der Waals surface area contributed by atoms with Gasteiger partial charge < -0.3 is 10.6 Å². The summed E-state index contributed by atoms with van der Waals surface area (Å²) in [6.07, 6.45) is 7.88. The maximum absolute atomic E-state index is 12.6. The van der Waals surface area contributed by atoms with Crippen LogP contribution in [0, 0.1) is 0 Å². The maximum Gasteiger partial charge on any atom is 0.238 e. The van der Waals surface area contributed by atoms with E-state index in [1.54, 1.807) is 29.2 Å². The number of benzene rings is 2. The highest BCUT2D eigenvalue weighted by molar-refractivity contribution is 6.31. The lowest BCUT2D eigenvalue weighted by atomic mass is 9.89. The molecule has 2 aromatic carbocycles. The summed E-state index contributed by atoms with van der Waals surface area (Å²) in [7, 11) is 0. The second-order valence-electron chi connectivity index (χ2n) is 7.39. The zero-order valence-electron chi connectivity index (χ0n) is 16.4. The lowest BCUT2D eigenvalue weighted by molar-refractivity contribution is -0.115. The first kappa shape index (κ1) is 19.6. The number of hydrogen-bond acceptors (Lipinski definition) is 4. The van der Waals surface area contributed by atoms with E-state index in [9.17, 15) is 4.79 Å². The molecule has 0 aliphatic heterocycles. The summed E-state index contributed by atoms with van der Waals surface area (Å²) in [5, 5.41) is 10.9. The Morgan fingerprint density at radius 1 is 1.17 bits per heavy atom. The molecule has 1 unspecified atom stereocenters. The number of hydrogen-bond donors (Lipinski definition) is 2. The fraction of sp³-hybridized carbons (Fsp3) is 0.318. The van der Waals surface area contributed by atoms with Crippen molar-refractivity contribution < 1.29 is 4.79 Å². The van der Waals surface area contributed by atoms with Crippen molar-refractivity contribution in [2.75, 3.05) is 11.9 Å². The van der Waals surface area contributed by atoms with Crippen LogP contribution in [0.4, 0.5) is 5.69 Å². The summed E-state index contributed by atoms with van der Waals surface area (Å²) in [5.74, 6) is -0.140. The minimum Gasteiger partial charge on any atom is -0.323 e. The monoisotopic (exact) mass is 409 g/mol. The Labute approximate surface area is 175 Å². The molecule has 1 heterocycles. The Kier molecular flexibility index (Phi) is 5.92. The molecule has 0 saturated heterocycles. The molecule has 7 heteroatoms. The van der Waals surface area contributed by atoms with E-state index < -0.39 is 0 Å². The van der Waals surface area contributed by atoms with Crippen molar-refractivity contribution in [3.63, 3.8) is 0 Å². The van der Waals surface area contributed by atoms with E-state index in [-0.39, 0.29) is 18.5 Å². The molecular formula is C22H24ClN5O. The van der Waals surface area contributed by atoms with Crippen molar-refractivity contribution in [2.45, 2.75) is 38.6 Å². The first-order valence-electron chi connectivity index (χ1n) is 9.89. The molecule has 1 aliphatic rings. The third-order valence-electron chi connectivity index (χ3n) is 5.34. The summed E-state index contributed by atoms with van der Waals surface area (Å²) in [6, 6.07) is 12.0. The molecular weight excluding hydrogens is 386 g/mol. The van der Waals surface area contributed by atoms with Gasteiger partial charge in [-0.05, 0) is 67.5 Å². The molecule has 1 aliphatic carbocycles. The number of halogens is 1. The number of nitrogens with one attached hydrogen (secondary N) is 2. The fourth-order valence-corrected chi connectivity index (χ4v) is 3.89. The standard InChI is InChI=1S/C22H24ClN5O/c1-15(17-7-6-16-4-2-3-5-18(16)10-17)25-12-22(29)27-20-11-19(23)8-9-21(20)28-14-24-13-26-28/h6-11,13-15,25H,2-5,12H2,1H3,(H,27,29). The maximum atomic E-state index is 12.6. The van der Waals surface area contributed by atoms with Crippen molar-refractivity contribution in [2.24, 2.45) is 0 Å². The van der Waals surface area contributed by atoms with Crippen LogP contribution in [0.5, 0.6) is 0 Å². The molecule has 0 saturated carbocycles. The average Bonchev–Trinajstić information content (AvgIpc) is 3.26. The normalized spacial score (nSPS) is 14.3. The molecule has 2 N–H and O–H groups in total. The Morgan fingerprint density at radius 2 is 2.00 bits per heavy atom. The summed E-state index contributed by atoms with van der Waals surface area (Å²) in [6.45, 7) is 2.28. The van der Waals surface area contributed by atoms with Gasteiger partial charge in [0.1, 0.15) is 12.7 Å². The topological polar surface area (TPSA) is 71.8 Å². The van der Waals surface area contributed by atoms with Crippen LogP contribution in [0.1, 0.15) is 42.5 Å². The van der Waals surface area contributed by atoms with E-state index >= 15 is 0 Å². The van der Waals surface area contributed by atoms with Crippen molar-refractivity contribution >= 4 is 23.2 Å². The smallest absolute Gasteiger partial charge is 0.238 e. The van der Waals surface area contributed by atoms with E-state index in [4.69, 9.17) is 11.6 Å². The molecule has 0 spiro atoms. The Hall–Kier alpha value is -2.70. The SMILES string of the molecule is CC(NCC(=O)Nc1cc(Cl)ccc1-n1cncn1)c1ccc2c(c1)CCCC2. The Bertz CT molecular complexity index is 1000. The molecule has 1 amide bonds. The van der Waals surface area contributed by atoms with Crippen molar-refractivity contribution in [3.8, 4) is 5.69 Å². The van der Waals surface area contributed by atoms with E-state index in [1.807, 2.05) is 0 Å². The molecule has 1 atom stereocenters. The van der Waals surface area contributed by atoms with Crippen LogP contribution >= 0.6 is 11.6 Å². The summed E-state index contributed by atoms with van der Waals surface area (Å²) in [4.78, 5) is 16.5. The fourth-order valence-electron chi connectivity index (χ4n) is 3.72. The van der Waals surface area contributed by atoms with E-state index in [0.29, 0.717) is 16.4 Å². The van der Waals surface area contributed by atoms with E-state index in [2.05, 4.69) is 45.8 Å². The molecule has 4 rings (SSSR count). The van der Waals surface area contributed by atoms with Gasteiger partial charge in [0.05, 0.1) is 17.9 Å². The van der Waals surface area contributed by atoms with Crippen LogP contribution in [0.25, 0.3) is 5.69 Å². The first-order chi connectivity index (χ1) is 14.1. The molecule has 150 valence electrons. The summed E-state index contributed by atoms with van der Waals surface area (Å²) in [5.41, 5.74) is 5.43. The second-order valence-corrected chi connectivity index (χ2v) is 7.82. The lowest BCUT2D eigenvalue weighted by Crippen LogP contribution is -2.30. The molecule has 0 radical (unpaired) electrons. The number of rotatable bonds is 6. The summed E-state index contributed by atoms with van der Waals surface area (Å²) < 4.78 is 1.59. The Balaban J connectivity index is 1.40. The zero-order valence-corrected chi connectivity index (χ0v) is 17.1. The van der Waals surface area contributed by atoms with Gasteiger partial charge >= 0.3 is 0 Å². The minimum absolute atomic E-state index is 0.0853. The molecule has 3 aromatic rings. The van der Waals surface area contributed by atoms with Crippen molar-refractivity contribution in [1.82, 2.24) is 20.1 Å². The van der Waals surface area contributed by atoms with E-state index in [0.717, 1.165) is 6.42 Å². The van der Waals surface area contributed by atoms with Crippen LogP contribution < -0.4 is 10.6 Å². The number of aryl methyl sites for hydroxylation is 2. The van der Waals surface area contributed by atoms with Gasteiger partial charge in [0.15, 0.2) is 0 Å². The highest BCUT2D eigenvalue weighted by Gasteiger charge is 2.14. The zero-order chi connectivity index (χ0) is 20.2. The van der Waals surface area contributed by atoms with Gasteiger partial charge in [-0.15, -0.1) is 0 Å². The molecule has 0 fully saturated rings. The predicted molar refractivity (Wildman–Crippen MR) is 115 cm³/mol. The van der Waals surface area contributed by atoms with Crippen molar-refractivity contribution in [1.29, 1.82) is 0 Å². The van der Waals surface area contributed by atoms with Gasteiger partial charge in [-0.25, -0.2) is 9.67 Å². The average molecular weight is 410 g/mol. The predicted octanol–water partition coefficient (Wildman–Crippen LogP) is 4.09. The van der Waals surface area contributed by atoms with Gasteiger partial charge in [0.25, 0.3) is 0 Å². The van der Waals surface area contributed by atoms with Gasteiger partial charge in [0.2, 0.25) is 5.91 Å².